The number of aryl methyl sites for hydroxylation is 1. The number of aromatic nitrogens is 2. The quantitative estimate of drug-likeness (QED) is 0.563. The molecule has 0 saturated carbocycles. The molecule has 0 N–H and O–H groups in total. The number of fused-ring (bicyclic) bond motifs is 5. The maximum Gasteiger partial charge on any atom is 0.221 e. The first kappa shape index (κ1) is 17.0. The van der Waals surface area contributed by atoms with E-state index in [1.54, 1.807) is 16.8 Å². The molecule has 27 heavy (non-hydrogen) atoms. The first-order chi connectivity index (χ1) is 13.0. The second kappa shape index (κ2) is 5.91. The molecule has 0 saturated heterocycles. The Hall–Kier alpha value is -2.17. The number of nitrogens with zero attached hydrogens (tertiary/aromatic N) is 2. The first-order valence-corrected chi connectivity index (χ1v) is 9.66. The van der Waals surface area contributed by atoms with Gasteiger partial charge in [-0.1, -0.05) is 48.3 Å². The zero-order chi connectivity index (χ0) is 18.8. The van der Waals surface area contributed by atoms with Crippen LogP contribution in [0.1, 0.15) is 23.7 Å². The van der Waals surface area contributed by atoms with Crippen molar-refractivity contribution in [3.63, 3.8) is 0 Å². The highest BCUT2D eigenvalue weighted by Crippen LogP contribution is 2.53. The van der Waals surface area contributed by atoms with E-state index in [0.717, 1.165) is 28.6 Å². The predicted octanol–water partition coefficient (Wildman–Crippen LogP) is 5.19. The molecule has 0 aliphatic carbocycles. The summed E-state index contributed by atoms with van der Waals surface area (Å²) in [5, 5.41) is 5.96. The van der Waals surface area contributed by atoms with Crippen molar-refractivity contribution in [3.05, 3.63) is 69.3 Å². The Morgan fingerprint density at radius 1 is 1.11 bits per heavy atom. The van der Waals surface area contributed by atoms with Crippen LogP contribution in [0.4, 0.5) is 0 Å². The van der Waals surface area contributed by atoms with Gasteiger partial charge in [0, 0.05) is 27.5 Å². The third kappa shape index (κ3) is 2.33. The third-order valence-corrected chi connectivity index (χ3v) is 6.35. The van der Waals surface area contributed by atoms with Crippen molar-refractivity contribution in [1.29, 1.82) is 0 Å². The van der Waals surface area contributed by atoms with Crippen molar-refractivity contribution in [1.82, 2.24) is 9.78 Å². The van der Waals surface area contributed by atoms with Gasteiger partial charge in [0.1, 0.15) is 5.75 Å². The minimum Gasteiger partial charge on any atom is -0.493 e. The lowest BCUT2D eigenvalue weighted by Crippen LogP contribution is -2.47. The van der Waals surface area contributed by atoms with Gasteiger partial charge in [-0.25, -0.2) is 0 Å². The normalized spacial score (nSPS) is 22.9. The summed E-state index contributed by atoms with van der Waals surface area (Å²) in [5.41, 5.74) is 3.66. The summed E-state index contributed by atoms with van der Waals surface area (Å²) < 4.78 is 14.0. The van der Waals surface area contributed by atoms with E-state index in [1.165, 1.54) is 5.56 Å². The summed E-state index contributed by atoms with van der Waals surface area (Å²) in [6.07, 6.45) is 0. The van der Waals surface area contributed by atoms with E-state index in [2.05, 4.69) is 19.1 Å². The van der Waals surface area contributed by atoms with Gasteiger partial charge in [-0.15, -0.1) is 0 Å². The molecule has 3 aromatic rings. The van der Waals surface area contributed by atoms with Crippen LogP contribution < -0.4 is 9.47 Å². The van der Waals surface area contributed by atoms with Crippen LogP contribution in [0.25, 0.3) is 5.69 Å². The van der Waals surface area contributed by atoms with E-state index < -0.39 is 0 Å². The Morgan fingerprint density at radius 2 is 1.89 bits per heavy atom. The molecule has 2 aliphatic heterocycles. The van der Waals surface area contributed by atoms with E-state index in [9.17, 15) is 0 Å². The molecule has 0 bridgehead atoms. The molecule has 138 valence electrons. The second-order valence-corrected chi connectivity index (χ2v) is 8.13. The second-order valence-electron chi connectivity index (χ2n) is 7.29. The van der Waals surface area contributed by atoms with Crippen LogP contribution in [-0.4, -0.2) is 23.0 Å². The van der Waals surface area contributed by atoms with Gasteiger partial charge in [-0.05, 0) is 31.2 Å². The summed E-state index contributed by atoms with van der Waals surface area (Å²) >= 11 is 12.6. The van der Waals surface area contributed by atoms with Gasteiger partial charge < -0.3 is 9.47 Å². The van der Waals surface area contributed by atoms with Gasteiger partial charge in [-0.2, -0.15) is 9.78 Å². The van der Waals surface area contributed by atoms with Crippen molar-refractivity contribution < 1.29 is 9.47 Å². The van der Waals surface area contributed by atoms with Gasteiger partial charge >= 0.3 is 0 Å². The van der Waals surface area contributed by atoms with E-state index in [0.29, 0.717) is 23.3 Å². The maximum atomic E-state index is 6.44. The van der Waals surface area contributed by atoms with Gasteiger partial charge in [0.25, 0.3) is 0 Å². The summed E-state index contributed by atoms with van der Waals surface area (Å²) in [4.78, 5) is 0. The Morgan fingerprint density at radius 3 is 2.74 bits per heavy atom. The van der Waals surface area contributed by atoms with Gasteiger partial charge in [0.2, 0.25) is 5.88 Å². The van der Waals surface area contributed by atoms with E-state index >= 15 is 0 Å². The molecule has 3 heterocycles. The van der Waals surface area contributed by atoms with Gasteiger partial charge in [0.15, 0.2) is 0 Å². The summed E-state index contributed by atoms with van der Waals surface area (Å²) in [7, 11) is 0. The molecular weight excluding hydrogens is 383 g/mol. The first-order valence-electron chi connectivity index (χ1n) is 8.90. The van der Waals surface area contributed by atoms with Crippen molar-refractivity contribution >= 4 is 23.2 Å². The van der Waals surface area contributed by atoms with Crippen molar-refractivity contribution in [2.24, 2.45) is 5.92 Å². The molecule has 2 aliphatic rings. The van der Waals surface area contributed by atoms with Crippen LogP contribution in [0.3, 0.4) is 0 Å². The fourth-order valence-electron chi connectivity index (χ4n) is 4.38. The molecule has 0 amide bonds. The topological polar surface area (TPSA) is 36.3 Å². The van der Waals surface area contributed by atoms with Crippen molar-refractivity contribution in [3.8, 4) is 17.3 Å². The number of para-hydroxylation sites is 1. The lowest BCUT2D eigenvalue weighted by atomic mass is 9.65. The third-order valence-electron chi connectivity index (χ3n) is 5.80. The van der Waals surface area contributed by atoms with Crippen LogP contribution in [-0.2, 0) is 5.41 Å². The average molecular weight is 401 g/mol. The smallest absolute Gasteiger partial charge is 0.221 e. The molecular formula is C21H18Cl2N2O2. The van der Waals surface area contributed by atoms with Crippen LogP contribution in [0.5, 0.6) is 11.6 Å². The molecule has 2 atom stereocenters. The summed E-state index contributed by atoms with van der Waals surface area (Å²) in [5.74, 6) is 1.87. The SMILES string of the molecule is Cc1nn(-c2cc(Cl)ccc2Cl)c2c1[C@]1(C)c3ccccc3OC[C@@H]1CO2. The molecule has 0 unspecified atom stereocenters. The van der Waals surface area contributed by atoms with Crippen molar-refractivity contribution in [2.45, 2.75) is 19.3 Å². The number of hydrogen-bond donors (Lipinski definition) is 0. The molecule has 6 heteroatoms. The predicted molar refractivity (Wildman–Crippen MR) is 106 cm³/mol. The van der Waals surface area contributed by atoms with Crippen LogP contribution in [0.15, 0.2) is 42.5 Å². The van der Waals surface area contributed by atoms with Crippen LogP contribution in [0.2, 0.25) is 10.0 Å². The molecule has 5 rings (SSSR count). The molecule has 0 radical (unpaired) electrons. The zero-order valence-electron chi connectivity index (χ0n) is 15.0. The zero-order valence-corrected chi connectivity index (χ0v) is 16.5. The fraction of sp³-hybridized carbons (Fsp3) is 0.286. The molecule has 0 spiro atoms. The molecule has 4 nitrogen and oxygen atoms in total. The molecule has 0 fully saturated rings. The van der Waals surface area contributed by atoms with Crippen LogP contribution >= 0.6 is 23.2 Å². The standard InChI is InChI=1S/C21H18Cl2N2O2/c1-12-19-20(25(24-12)17-9-14(22)7-8-16(17)23)27-11-13-10-26-18-6-4-3-5-15(18)21(13,19)2/h3-9,13H,10-11H2,1-2H3/t13-,21+/m1/s1. The highest BCUT2D eigenvalue weighted by molar-refractivity contribution is 6.34. The Labute approximate surface area is 167 Å². The molecule has 2 aromatic carbocycles. The monoisotopic (exact) mass is 400 g/mol. The lowest BCUT2D eigenvalue weighted by Gasteiger charge is -2.45. The fourth-order valence-corrected chi connectivity index (χ4v) is 4.74. The maximum absolute atomic E-state index is 6.44. The van der Waals surface area contributed by atoms with Crippen molar-refractivity contribution in [2.75, 3.05) is 13.2 Å². The number of benzene rings is 2. The highest BCUT2D eigenvalue weighted by atomic mass is 35.5. The Balaban J connectivity index is 1.77. The molecule has 1 aromatic heterocycles. The van der Waals surface area contributed by atoms with E-state index in [4.69, 9.17) is 37.8 Å². The van der Waals surface area contributed by atoms with Crippen LogP contribution in [0, 0.1) is 12.8 Å². The number of ether oxygens (including phenoxy) is 2. The Kier molecular flexibility index (Phi) is 3.72. The lowest BCUT2D eigenvalue weighted by molar-refractivity contribution is 0.0826. The number of rotatable bonds is 1. The van der Waals surface area contributed by atoms with Gasteiger partial charge in [0.05, 0.1) is 29.6 Å². The minimum atomic E-state index is -0.240. The Bertz CT molecular complexity index is 1060. The summed E-state index contributed by atoms with van der Waals surface area (Å²) in [6.45, 7) is 5.46. The summed E-state index contributed by atoms with van der Waals surface area (Å²) in [6, 6.07) is 13.6. The minimum absolute atomic E-state index is 0.214. The average Bonchev–Trinajstić information content (AvgIpc) is 3.01. The van der Waals surface area contributed by atoms with E-state index in [-0.39, 0.29) is 11.3 Å². The largest absolute Gasteiger partial charge is 0.493 e. The van der Waals surface area contributed by atoms with Gasteiger partial charge in [-0.3, -0.25) is 0 Å². The highest BCUT2D eigenvalue weighted by Gasteiger charge is 2.50. The number of halogens is 2. The number of hydrogen-bond acceptors (Lipinski definition) is 3. The van der Waals surface area contributed by atoms with E-state index in [1.807, 2.05) is 25.1 Å².